The summed E-state index contributed by atoms with van der Waals surface area (Å²) in [5, 5.41) is 3.54. The van der Waals surface area contributed by atoms with Gasteiger partial charge in [0.2, 0.25) is 5.91 Å². The first-order valence-electron chi connectivity index (χ1n) is 9.09. The Bertz CT molecular complexity index is 638. The lowest BCUT2D eigenvalue weighted by Crippen LogP contribution is -2.42. The standard InChI is InChI=1S/C19H28ClN3O3/c1-13-11-16(20)6-7-17(13)26-14(2)19(25)22-8-4-10-23-9-3-5-15(12-23)18(21)24/h6-7,11,14-15H,3-5,8-10,12H2,1-2H3,(H2,21,24)(H,22,25)/t14-,15-/m0/s1. The third kappa shape index (κ3) is 6.18. The Morgan fingerprint density at radius 2 is 2.23 bits per heavy atom. The number of ether oxygens (including phenoxy) is 1. The molecule has 7 heteroatoms. The van der Waals surface area contributed by atoms with Crippen LogP contribution in [0.5, 0.6) is 5.75 Å². The molecule has 6 nitrogen and oxygen atoms in total. The van der Waals surface area contributed by atoms with Gasteiger partial charge < -0.3 is 20.7 Å². The van der Waals surface area contributed by atoms with Crippen LogP contribution in [0, 0.1) is 12.8 Å². The van der Waals surface area contributed by atoms with Gasteiger partial charge in [-0.1, -0.05) is 11.6 Å². The quantitative estimate of drug-likeness (QED) is 0.675. The van der Waals surface area contributed by atoms with Gasteiger partial charge in [0, 0.05) is 18.1 Å². The maximum absolute atomic E-state index is 12.2. The number of primary amides is 1. The van der Waals surface area contributed by atoms with Crippen molar-refractivity contribution in [2.45, 2.75) is 39.2 Å². The number of aryl methyl sites for hydroxylation is 1. The second-order valence-electron chi connectivity index (χ2n) is 6.86. The number of piperidine rings is 1. The molecule has 0 bridgehead atoms. The summed E-state index contributed by atoms with van der Waals surface area (Å²) >= 11 is 5.93. The van der Waals surface area contributed by atoms with Crippen molar-refractivity contribution >= 4 is 23.4 Å². The van der Waals surface area contributed by atoms with Crippen LogP contribution in [0.4, 0.5) is 0 Å². The highest BCUT2D eigenvalue weighted by molar-refractivity contribution is 6.30. The highest BCUT2D eigenvalue weighted by atomic mass is 35.5. The number of halogens is 1. The monoisotopic (exact) mass is 381 g/mol. The number of nitrogens with two attached hydrogens (primary N) is 1. The molecule has 2 amide bonds. The zero-order chi connectivity index (χ0) is 19.1. The molecule has 0 spiro atoms. The van der Waals surface area contributed by atoms with Crippen molar-refractivity contribution in [2.75, 3.05) is 26.2 Å². The first-order valence-corrected chi connectivity index (χ1v) is 9.47. The fourth-order valence-corrected chi connectivity index (χ4v) is 3.36. The van der Waals surface area contributed by atoms with Gasteiger partial charge >= 0.3 is 0 Å². The molecule has 0 saturated carbocycles. The van der Waals surface area contributed by atoms with Crippen LogP contribution in [-0.2, 0) is 9.59 Å². The summed E-state index contributed by atoms with van der Waals surface area (Å²) in [4.78, 5) is 25.7. The van der Waals surface area contributed by atoms with E-state index in [1.165, 1.54) is 0 Å². The largest absolute Gasteiger partial charge is 0.481 e. The van der Waals surface area contributed by atoms with Crippen LogP contribution in [0.15, 0.2) is 18.2 Å². The molecular weight excluding hydrogens is 354 g/mol. The fourth-order valence-electron chi connectivity index (χ4n) is 3.14. The van der Waals surface area contributed by atoms with E-state index in [1.807, 2.05) is 6.92 Å². The molecule has 1 fully saturated rings. The van der Waals surface area contributed by atoms with E-state index in [9.17, 15) is 9.59 Å². The van der Waals surface area contributed by atoms with Crippen molar-refractivity contribution in [2.24, 2.45) is 11.7 Å². The van der Waals surface area contributed by atoms with Crippen molar-refractivity contribution in [3.05, 3.63) is 28.8 Å². The number of hydrogen-bond acceptors (Lipinski definition) is 4. The Morgan fingerprint density at radius 3 is 2.92 bits per heavy atom. The van der Waals surface area contributed by atoms with Gasteiger partial charge in [0.15, 0.2) is 6.10 Å². The smallest absolute Gasteiger partial charge is 0.260 e. The summed E-state index contributed by atoms with van der Waals surface area (Å²) in [5.74, 6) is 0.247. The molecule has 0 radical (unpaired) electrons. The molecule has 1 heterocycles. The van der Waals surface area contributed by atoms with E-state index in [4.69, 9.17) is 22.1 Å². The van der Waals surface area contributed by atoms with Crippen molar-refractivity contribution < 1.29 is 14.3 Å². The SMILES string of the molecule is Cc1cc(Cl)ccc1O[C@@H](C)C(=O)NCCCN1CCC[C@H](C(N)=O)C1. The number of benzene rings is 1. The topological polar surface area (TPSA) is 84.7 Å². The maximum atomic E-state index is 12.2. The summed E-state index contributed by atoms with van der Waals surface area (Å²) < 4.78 is 5.72. The van der Waals surface area contributed by atoms with Crippen LogP contribution >= 0.6 is 11.6 Å². The highest BCUT2D eigenvalue weighted by Crippen LogP contribution is 2.22. The van der Waals surface area contributed by atoms with Gasteiger partial charge in [-0.2, -0.15) is 0 Å². The Kier molecular flexibility index (Phi) is 7.72. The van der Waals surface area contributed by atoms with E-state index in [0.717, 1.165) is 44.5 Å². The van der Waals surface area contributed by atoms with E-state index >= 15 is 0 Å². The van der Waals surface area contributed by atoms with Crippen molar-refractivity contribution in [3.8, 4) is 5.75 Å². The summed E-state index contributed by atoms with van der Waals surface area (Å²) in [7, 11) is 0. The summed E-state index contributed by atoms with van der Waals surface area (Å²) in [6, 6.07) is 5.32. The lowest BCUT2D eigenvalue weighted by molar-refractivity contribution is -0.127. The molecule has 26 heavy (non-hydrogen) atoms. The van der Waals surface area contributed by atoms with E-state index in [2.05, 4.69) is 10.2 Å². The Balaban J connectivity index is 1.68. The number of likely N-dealkylation sites (tertiary alicyclic amines) is 1. The van der Waals surface area contributed by atoms with E-state index in [-0.39, 0.29) is 17.7 Å². The number of rotatable bonds is 8. The van der Waals surface area contributed by atoms with E-state index in [0.29, 0.717) is 17.3 Å². The number of nitrogens with one attached hydrogen (secondary N) is 1. The second kappa shape index (κ2) is 9.78. The van der Waals surface area contributed by atoms with Crippen LogP contribution in [0.3, 0.4) is 0 Å². The van der Waals surface area contributed by atoms with Gasteiger partial charge in [-0.15, -0.1) is 0 Å². The molecular formula is C19H28ClN3O3. The Morgan fingerprint density at radius 1 is 1.46 bits per heavy atom. The molecule has 144 valence electrons. The summed E-state index contributed by atoms with van der Waals surface area (Å²) in [6.07, 6.45) is 2.11. The molecule has 1 aromatic rings. The van der Waals surface area contributed by atoms with Crippen LogP contribution in [0.25, 0.3) is 0 Å². The fraction of sp³-hybridized carbons (Fsp3) is 0.579. The predicted octanol–water partition coefficient (Wildman–Crippen LogP) is 2.12. The first kappa shape index (κ1) is 20.5. The molecule has 3 N–H and O–H groups in total. The van der Waals surface area contributed by atoms with E-state index < -0.39 is 6.10 Å². The van der Waals surface area contributed by atoms with Crippen LogP contribution in [0.1, 0.15) is 31.7 Å². The van der Waals surface area contributed by atoms with Gasteiger partial charge in [-0.25, -0.2) is 0 Å². The predicted molar refractivity (Wildman–Crippen MR) is 102 cm³/mol. The van der Waals surface area contributed by atoms with Gasteiger partial charge in [-0.3, -0.25) is 9.59 Å². The van der Waals surface area contributed by atoms with Gasteiger partial charge in [0.05, 0.1) is 5.92 Å². The van der Waals surface area contributed by atoms with Crippen LogP contribution in [-0.4, -0.2) is 49.0 Å². The van der Waals surface area contributed by atoms with E-state index in [1.54, 1.807) is 25.1 Å². The third-order valence-corrected chi connectivity index (χ3v) is 4.90. The number of hydrogen-bond donors (Lipinski definition) is 2. The number of nitrogens with zero attached hydrogens (tertiary/aromatic N) is 1. The molecule has 1 saturated heterocycles. The van der Waals surface area contributed by atoms with Gasteiger partial charge in [0.1, 0.15) is 5.75 Å². The molecule has 1 aliphatic rings. The lowest BCUT2D eigenvalue weighted by atomic mass is 9.97. The van der Waals surface area contributed by atoms with Crippen LogP contribution in [0.2, 0.25) is 5.02 Å². The van der Waals surface area contributed by atoms with Crippen molar-refractivity contribution in [3.63, 3.8) is 0 Å². The Hall–Kier alpha value is -1.79. The number of carbonyl (C=O) groups excluding carboxylic acids is 2. The highest BCUT2D eigenvalue weighted by Gasteiger charge is 2.23. The molecule has 1 aliphatic heterocycles. The average Bonchev–Trinajstić information content (AvgIpc) is 2.61. The van der Waals surface area contributed by atoms with Gasteiger partial charge in [-0.05, 0) is 70.0 Å². The zero-order valence-corrected chi connectivity index (χ0v) is 16.2. The molecule has 0 aliphatic carbocycles. The molecule has 2 rings (SSSR count). The lowest BCUT2D eigenvalue weighted by Gasteiger charge is -2.31. The molecule has 0 unspecified atom stereocenters. The second-order valence-corrected chi connectivity index (χ2v) is 7.29. The van der Waals surface area contributed by atoms with Crippen molar-refractivity contribution in [1.29, 1.82) is 0 Å². The zero-order valence-electron chi connectivity index (χ0n) is 15.5. The number of carbonyl (C=O) groups is 2. The first-order chi connectivity index (χ1) is 12.4. The molecule has 2 atom stereocenters. The third-order valence-electron chi connectivity index (χ3n) is 4.67. The number of amides is 2. The summed E-state index contributed by atoms with van der Waals surface area (Å²) in [5.41, 5.74) is 6.29. The van der Waals surface area contributed by atoms with Crippen LogP contribution < -0.4 is 15.8 Å². The van der Waals surface area contributed by atoms with Gasteiger partial charge in [0.25, 0.3) is 5.91 Å². The molecule has 0 aromatic heterocycles. The molecule has 1 aromatic carbocycles. The maximum Gasteiger partial charge on any atom is 0.260 e. The minimum absolute atomic E-state index is 0.0469. The minimum Gasteiger partial charge on any atom is -0.481 e. The average molecular weight is 382 g/mol. The minimum atomic E-state index is -0.580. The van der Waals surface area contributed by atoms with Crippen molar-refractivity contribution in [1.82, 2.24) is 10.2 Å². The normalized spacial score (nSPS) is 19.0. The summed E-state index contributed by atoms with van der Waals surface area (Å²) in [6.45, 7) is 6.74. The Labute approximate surface area is 160 Å².